The lowest BCUT2D eigenvalue weighted by Crippen LogP contribution is -2.47. The highest BCUT2D eigenvalue weighted by molar-refractivity contribution is 9.10. The van der Waals surface area contributed by atoms with Gasteiger partial charge in [-0.2, -0.15) is 0 Å². The minimum absolute atomic E-state index is 0.147. The van der Waals surface area contributed by atoms with Crippen LogP contribution in [0, 0.1) is 0 Å². The third-order valence-corrected chi connectivity index (χ3v) is 7.01. The summed E-state index contributed by atoms with van der Waals surface area (Å²) in [7, 11) is 0. The van der Waals surface area contributed by atoms with Crippen molar-refractivity contribution in [3.05, 3.63) is 56.5 Å². The summed E-state index contributed by atoms with van der Waals surface area (Å²) in [6, 6.07) is 10.5. The van der Waals surface area contributed by atoms with E-state index in [4.69, 9.17) is 23.2 Å². The predicted molar refractivity (Wildman–Crippen MR) is 105 cm³/mol. The van der Waals surface area contributed by atoms with Gasteiger partial charge in [0.1, 0.15) is 0 Å². The summed E-state index contributed by atoms with van der Waals surface area (Å²) in [5.74, 6) is -0.388. The Morgan fingerprint density at radius 1 is 1.16 bits per heavy atom. The van der Waals surface area contributed by atoms with Crippen LogP contribution in [-0.4, -0.2) is 17.1 Å². The molecular weight excluding hydrogens is 447 g/mol. The number of hydrogen-bond donors (Lipinski definition) is 1. The molecule has 0 aliphatic carbocycles. The Labute approximate surface area is 167 Å². The first-order valence-electron chi connectivity index (χ1n) is 7.43. The molecule has 0 aromatic heterocycles. The number of hydrogen-bond acceptors (Lipinski definition) is 3. The number of halogens is 3. The van der Waals surface area contributed by atoms with Gasteiger partial charge in [-0.05, 0) is 43.3 Å². The molecule has 0 radical (unpaired) electrons. The van der Waals surface area contributed by atoms with Crippen LogP contribution in [0.25, 0.3) is 0 Å². The van der Waals surface area contributed by atoms with Crippen molar-refractivity contribution in [2.75, 3.05) is 10.2 Å². The lowest BCUT2D eigenvalue weighted by molar-refractivity contribution is -0.122. The molecular formula is C17H11BrCl2N2O2S. The first kappa shape index (κ1) is 17.2. The van der Waals surface area contributed by atoms with Crippen molar-refractivity contribution in [2.45, 2.75) is 17.0 Å². The first-order valence-corrected chi connectivity index (χ1v) is 9.86. The molecule has 8 heteroatoms. The molecule has 25 heavy (non-hydrogen) atoms. The highest BCUT2D eigenvalue weighted by Gasteiger charge is 2.61. The fourth-order valence-corrected chi connectivity index (χ4v) is 5.33. The molecule has 4 rings (SSSR count). The Morgan fingerprint density at radius 2 is 1.92 bits per heavy atom. The molecule has 4 nitrogen and oxygen atoms in total. The minimum Gasteiger partial charge on any atom is -0.323 e. The van der Waals surface area contributed by atoms with Crippen molar-refractivity contribution in [3.63, 3.8) is 0 Å². The Hall–Kier alpha value is -1.21. The second-order valence-corrected chi connectivity index (χ2v) is 9.08. The van der Waals surface area contributed by atoms with Crippen molar-refractivity contribution in [1.82, 2.24) is 0 Å². The van der Waals surface area contributed by atoms with E-state index in [9.17, 15) is 9.59 Å². The number of nitrogens with one attached hydrogen (secondary N) is 1. The topological polar surface area (TPSA) is 49.4 Å². The summed E-state index contributed by atoms with van der Waals surface area (Å²) >= 11 is 16.9. The molecule has 128 valence electrons. The number of anilines is 2. The van der Waals surface area contributed by atoms with Crippen molar-refractivity contribution in [1.29, 1.82) is 0 Å². The average Bonchev–Trinajstić information content (AvgIpc) is 2.98. The number of carbonyl (C=O) groups excluding carboxylic acids is 2. The van der Waals surface area contributed by atoms with Crippen LogP contribution in [0.15, 0.2) is 40.9 Å². The number of amides is 2. The lowest BCUT2D eigenvalue weighted by atomic mass is 10.0. The quantitative estimate of drug-likeness (QED) is 0.653. The standard InChI is InChI=1S/C17H11BrCl2N2O2S/c1-8-15(23)22(10-3-4-12(19)13(20)7-10)17(25-8)11-6-9(18)2-5-14(11)21-16(17)24/h2-8H,1H3,(H,21,24)/t8-,17+/m1/s1. The summed E-state index contributed by atoms with van der Waals surface area (Å²) in [5.41, 5.74) is 1.99. The molecule has 1 saturated heterocycles. The molecule has 0 bridgehead atoms. The molecule has 2 aliphatic rings. The lowest BCUT2D eigenvalue weighted by Gasteiger charge is -2.32. The van der Waals surface area contributed by atoms with E-state index in [2.05, 4.69) is 21.2 Å². The van der Waals surface area contributed by atoms with Crippen molar-refractivity contribution < 1.29 is 9.59 Å². The highest BCUT2D eigenvalue weighted by atomic mass is 79.9. The van der Waals surface area contributed by atoms with E-state index >= 15 is 0 Å². The van der Waals surface area contributed by atoms with Crippen LogP contribution in [0.5, 0.6) is 0 Å². The number of fused-ring (bicyclic) bond motifs is 2. The zero-order valence-corrected chi connectivity index (χ0v) is 16.8. The molecule has 0 unspecified atom stereocenters. The Morgan fingerprint density at radius 3 is 2.64 bits per heavy atom. The van der Waals surface area contributed by atoms with E-state index in [0.29, 0.717) is 21.4 Å². The van der Waals surface area contributed by atoms with Gasteiger partial charge in [0, 0.05) is 21.4 Å². The van der Waals surface area contributed by atoms with E-state index in [0.717, 1.165) is 10.0 Å². The molecule has 2 heterocycles. The second kappa shape index (κ2) is 5.91. The van der Waals surface area contributed by atoms with E-state index in [1.165, 1.54) is 16.7 Å². The third kappa shape index (κ3) is 2.42. The minimum atomic E-state index is -1.16. The molecule has 2 aliphatic heterocycles. The van der Waals surface area contributed by atoms with E-state index in [-0.39, 0.29) is 17.1 Å². The summed E-state index contributed by atoms with van der Waals surface area (Å²) in [6.45, 7) is 1.80. The van der Waals surface area contributed by atoms with Gasteiger partial charge in [0.05, 0.1) is 15.3 Å². The maximum absolute atomic E-state index is 13.0. The SMILES string of the molecule is C[C@H]1S[C@@]2(C(=O)Nc3ccc(Br)cc32)N(c2ccc(Cl)c(Cl)c2)C1=O. The maximum Gasteiger partial charge on any atom is 0.266 e. The molecule has 1 spiro atoms. The number of thioether (sulfide) groups is 1. The van der Waals surface area contributed by atoms with Crippen LogP contribution >= 0.6 is 50.9 Å². The molecule has 2 aromatic carbocycles. The van der Waals surface area contributed by atoms with Gasteiger partial charge in [0.25, 0.3) is 5.91 Å². The first-order chi connectivity index (χ1) is 11.8. The highest BCUT2D eigenvalue weighted by Crippen LogP contribution is 2.56. The smallest absolute Gasteiger partial charge is 0.266 e. The summed E-state index contributed by atoms with van der Waals surface area (Å²) < 4.78 is 0.837. The fourth-order valence-electron chi connectivity index (χ4n) is 3.20. The Bertz CT molecular complexity index is 939. The Kier molecular flexibility index (Phi) is 4.07. The van der Waals surface area contributed by atoms with Gasteiger partial charge >= 0.3 is 0 Å². The zero-order chi connectivity index (χ0) is 17.9. The average molecular weight is 458 g/mol. The van der Waals surface area contributed by atoms with Crippen LogP contribution in [-0.2, 0) is 14.5 Å². The summed E-state index contributed by atoms with van der Waals surface area (Å²) in [4.78, 5) is 26.3. The van der Waals surface area contributed by atoms with Gasteiger partial charge in [0.15, 0.2) is 0 Å². The van der Waals surface area contributed by atoms with Gasteiger partial charge in [-0.15, -0.1) is 11.8 Å². The van der Waals surface area contributed by atoms with Crippen LogP contribution < -0.4 is 10.2 Å². The van der Waals surface area contributed by atoms with Crippen molar-refractivity contribution >= 4 is 74.1 Å². The number of nitrogens with zero attached hydrogens (tertiary/aromatic N) is 1. The monoisotopic (exact) mass is 456 g/mol. The molecule has 2 aromatic rings. The molecule has 1 N–H and O–H groups in total. The van der Waals surface area contributed by atoms with Gasteiger partial charge in [-0.1, -0.05) is 39.1 Å². The number of benzene rings is 2. The summed E-state index contributed by atoms with van der Waals surface area (Å²) in [6.07, 6.45) is 0. The largest absolute Gasteiger partial charge is 0.323 e. The molecule has 0 saturated carbocycles. The van der Waals surface area contributed by atoms with Gasteiger partial charge in [-0.3, -0.25) is 14.5 Å². The van der Waals surface area contributed by atoms with Gasteiger partial charge in [-0.25, -0.2) is 0 Å². The number of rotatable bonds is 1. The van der Waals surface area contributed by atoms with E-state index in [1.54, 1.807) is 25.1 Å². The molecule has 1 fully saturated rings. The predicted octanol–water partition coefficient (Wildman–Crippen LogP) is 5.03. The molecule has 2 atom stereocenters. The third-order valence-electron chi connectivity index (χ3n) is 4.29. The van der Waals surface area contributed by atoms with Gasteiger partial charge < -0.3 is 5.32 Å². The van der Waals surface area contributed by atoms with Gasteiger partial charge in [0.2, 0.25) is 10.8 Å². The maximum atomic E-state index is 13.0. The van der Waals surface area contributed by atoms with Crippen LogP contribution in [0.4, 0.5) is 11.4 Å². The zero-order valence-electron chi connectivity index (χ0n) is 12.8. The number of carbonyl (C=O) groups is 2. The fraction of sp³-hybridized carbons (Fsp3) is 0.176. The normalized spacial score (nSPS) is 24.8. The van der Waals surface area contributed by atoms with Crippen LogP contribution in [0.1, 0.15) is 12.5 Å². The Balaban J connectivity index is 1.96. The van der Waals surface area contributed by atoms with Crippen LogP contribution in [0.3, 0.4) is 0 Å². The summed E-state index contributed by atoms with van der Waals surface area (Å²) in [5, 5.41) is 3.25. The van der Waals surface area contributed by atoms with Crippen LogP contribution in [0.2, 0.25) is 10.0 Å². The second-order valence-electron chi connectivity index (χ2n) is 5.82. The van der Waals surface area contributed by atoms with Crippen molar-refractivity contribution in [3.8, 4) is 0 Å². The van der Waals surface area contributed by atoms with Crippen molar-refractivity contribution in [2.24, 2.45) is 0 Å². The van der Waals surface area contributed by atoms with E-state index in [1.807, 2.05) is 18.2 Å². The molecule has 2 amide bonds. The van der Waals surface area contributed by atoms with E-state index < -0.39 is 4.87 Å².